The maximum atomic E-state index is 12.6. The van der Waals surface area contributed by atoms with Crippen LogP contribution < -0.4 is 11.1 Å². The molecule has 27 heavy (non-hydrogen) atoms. The second-order valence-corrected chi connectivity index (χ2v) is 6.45. The van der Waals surface area contributed by atoms with Crippen molar-refractivity contribution >= 4 is 48.0 Å². The number of nitrogen functional groups attached to an aromatic ring is 1. The molecule has 0 aliphatic rings. The Hall–Kier alpha value is -1.46. The number of nitrogens with two attached hydrogens (primary N) is 1. The number of anilines is 1. The van der Waals surface area contributed by atoms with Crippen LogP contribution in [-0.2, 0) is 0 Å². The number of amides is 1. The standard InChI is InChI=1S/C20H26ClN3O.2ClH/c1-4-24(5-2)19(16-8-6-7-9-18(16)21)13-23-20(25)17-12-15(22)11-10-14(17)3;;/h6-12,19H,4-5,13,22H2,1-3H3,(H,23,25);2*1H. The quantitative estimate of drug-likeness (QED) is 0.613. The predicted octanol–water partition coefficient (Wildman–Crippen LogP) is 4.89. The van der Waals surface area contributed by atoms with Crippen molar-refractivity contribution in [3.63, 3.8) is 0 Å². The van der Waals surface area contributed by atoms with E-state index in [1.807, 2.05) is 37.3 Å². The third-order valence-electron chi connectivity index (χ3n) is 4.48. The summed E-state index contributed by atoms with van der Waals surface area (Å²) in [7, 11) is 0. The Bertz CT molecular complexity index is 736. The molecule has 2 aromatic carbocycles. The van der Waals surface area contributed by atoms with E-state index in [4.69, 9.17) is 17.3 Å². The molecule has 2 rings (SSSR count). The number of nitrogens with one attached hydrogen (secondary N) is 1. The minimum absolute atomic E-state index is 0. The highest BCUT2D eigenvalue weighted by molar-refractivity contribution is 6.31. The number of halogens is 3. The van der Waals surface area contributed by atoms with Gasteiger partial charge in [-0.2, -0.15) is 0 Å². The number of likely N-dealkylation sites (N-methyl/N-ethyl adjacent to an activating group) is 1. The lowest BCUT2D eigenvalue weighted by Gasteiger charge is -2.31. The zero-order valence-corrected chi connectivity index (χ0v) is 18.3. The molecular formula is C20H28Cl3N3O. The van der Waals surface area contributed by atoms with Crippen molar-refractivity contribution in [3.8, 4) is 0 Å². The largest absolute Gasteiger partial charge is 0.399 e. The van der Waals surface area contributed by atoms with E-state index in [1.165, 1.54) is 0 Å². The van der Waals surface area contributed by atoms with E-state index in [-0.39, 0.29) is 36.8 Å². The lowest BCUT2D eigenvalue weighted by molar-refractivity contribution is 0.0934. The van der Waals surface area contributed by atoms with Crippen molar-refractivity contribution in [2.75, 3.05) is 25.4 Å². The van der Waals surface area contributed by atoms with Gasteiger partial charge in [-0.3, -0.25) is 9.69 Å². The Labute approximate surface area is 179 Å². The molecule has 1 unspecified atom stereocenters. The van der Waals surface area contributed by atoms with Gasteiger partial charge in [0.1, 0.15) is 0 Å². The van der Waals surface area contributed by atoms with Crippen LogP contribution in [0.5, 0.6) is 0 Å². The summed E-state index contributed by atoms with van der Waals surface area (Å²) < 4.78 is 0. The van der Waals surface area contributed by atoms with Crippen LogP contribution in [0.3, 0.4) is 0 Å². The molecule has 0 saturated heterocycles. The van der Waals surface area contributed by atoms with Crippen LogP contribution in [0.25, 0.3) is 0 Å². The number of rotatable bonds is 7. The third kappa shape index (κ3) is 6.58. The predicted molar refractivity (Wildman–Crippen MR) is 120 cm³/mol. The molecule has 0 spiro atoms. The normalized spacial score (nSPS) is 11.3. The molecule has 150 valence electrons. The number of carbonyl (C=O) groups is 1. The van der Waals surface area contributed by atoms with Gasteiger partial charge >= 0.3 is 0 Å². The zero-order valence-electron chi connectivity index (χ0n) is 15.9. The van der Waals surface area contributed by atoms with Crippen LogP contribution in [-0.4, -0.2) is 30.4 Å². The Morgan fingerprint density at radius 3 is 2.37 bits per heavy atom. The maximum absolute atomic E-state index is 12.6. The fourth-order valence-electron chi connectivity index (χ4n) is 3.01. The first kappa shape index (κ1) is 25.5. The first-order valence-electron chi connectivity index (χ1n) is 8.60. The fourth-order valence-corrected chi connectivity index (χ4v) is 3.28. The Kier molecular flexibility index (Phi) is 11.4. The van der Waals surface area contributed by atoms with E-state index in [1.54, 1.807) is 12.1 Å². The summed E-state index contributed by atoms with van der Waals surface area (Å²) in [5.74, 6) is -0.117. The Morgan fingerprint density at radius 1 is 1.15 bits per heavy atom. The van der Waals surface area contributed by atoms with E-state index in [0.29, 0.717) is 22.8 Å². The molecule has 2 aromatic rings. The van der Waals surface area contributed by atoms with Gasteiger partial charge in [0.25, 0.3) is 5.91 Å². The summed E-state index contributed by atoms with van der Waals surface area (Å²) in [6.45, 7) is 8.36. The smallest absolute Gasteiger partial charge is 0.251 e. The Balaban J connectivity index is 0.00000338. The third-order valence-corrected chi connectivity index (χ3v) is 4.82. The molecule has 3 N–H and O–H groups in total. The van der Waals surface area contributed by atoms with Crippen molar-refractivity contribution in [2.45, 2.75) is 26.8 Å². The Morgan fingerprint density at radius 2 is 1.78 bits per heavy atom. The second-order valence-electron chi connectivity index (χ2n) is 6.04. The van der Waals surface area contributed by atoms with Gasteiger partial charge in [-0.15, -0.1) is 24.8 Å². The monoisotopic (exact) mass is 431 g/mol. The van der Waals surface area contributed by atoms with E-state index < -0.39 is 0 Å². The summed E-state index contributed by atoms with van der Waals surface area (Å²) in [4.78, 5) is 14.9. The zero-order chi connectivity index (χ0) is 18.4. The topological polar surface area (TPSA) is 58.4 Å². The molecule has 0 bridgehead atoms. The average molecular weight is 433 g/mol. The molecule has 0 radical (unpaired) electrons. The van der Waals surface area contributed by atoms with Gasteiger partial charge < -0.3 is 11.1 Å². The number of benzene rings is 2. The van der Waals surface area contributed by atoms with Crippen molar-refractivity contribution in [1.82, 2.24) is 10.2 Å². The van der Waals surface area contributed by atoms with Gasteiger partial charge in [-0.25, -0.2) is 0 Å². The number of carbonyl (C=O) groups excluding carboxylic acids is 1. The average Bonchev–Trinajstić information content (AvgIpc) is 2.61. The van der Waals surface area contributed by atoms with Crippen LogP contribution in [0.1, 0.15) is 41.4 Å². The summed E-state index contributed by atoms with van der Waals surface area (Å²) in [6.07, 6.45) is 0. The van der Waals surface area contributed by atoms with Gasteiger partial charge in [0.05, 0.1) is 6.04 Å². The first-order valence-corrected chi connectivity index (χ1v) is 8.98. The fraction of sp³-hybridized carbons (Fsp3) is 0.350. The highest BCUT2D eigenvalue weighted by atomic mass is 35.5. The summed E-state index contributed by atoms with van der Waals surface area (Å²) in [5.41, 5.74) is 8.94. The molecule has 4 nitrogen and oxygen atoms in total. The molecule has 0 fully saturated rings. The van der Waals surface area contributed by atoms with Crippen LogP contribution in [0.2, 0.25) is 5.02 Å². The lowest BCUT2D eigenvalue weighted by atomic mass is 10.0. The van der Waals surface area contributed by atoms with Crippen LogP contribution in [0.15, 0.2) is 42.5 Å². The number of aryl methyl sites for hydroxylation is 1. The van der Waals surface area contributed by atoms with E-state index >= 15 is 0 Å². The maximum Gasteiger partial charge on any atom is 0.251 e. The first-order chi connectivity index (χ1) is 12.0. The van der Waals surface area contributed by atoms with Gasteiger partial charge in [0.15, 0.2) is 0 Å². The second kappa shape index (κ2) is 12.1. The van der Waals surface area contributed by atoms with Crippen molar-refractivity contribution in [2.24, 2.45) is 0 Å². The van der Waals surface area contributed by atoms with Crippen molar-refractivity contribution < 1.29 is 4.79 Å². The van der Waals surface area contributed by atoms with E-state index in [9.17, 15) is 4.79 Å². The molecule has 0 saturated carbocycles. The minimum Gasteiger partial charge on any atom is -0.399 e. The number of hydrogen-bond donors (Lipinski definition) is 2. The van der Waals surface area contributed by atoms with Crippen LogP contribution in [0.4, 0.5) is 5.69 Å². The lowest BCUT2D eigenvalue weighted by Crippen LogP contribution is -2.38. The minimum atomic E-state index is -0.117. The van der Waals surface area contributed by atoms with Gasteiger partial charge in [0.2, 0.25) is 0 Å². The number of hydrogen-bond acceptors (Lipinski definition) is 3. The number of nitrogens with zero attached hydrogens (tertiary/aromatic N) is 1. The van der Waals surface area contributed by atoms with Gasteiger partial charge in [0, 0.05) is 22.8 Å². The van der Waals surface area contributed by atoms with Crippen LogP contribution in [0, 0.1) is 6.92 Å². The molecule has 1 amide bonds. The van der Waals surface area contributed by atoms with E-state index in [2.05, 4.69) is 24.1 Å². The highest BCUT2D eigenvalue weighted by Crippen LogP contribution is 2.27. The summed E-state index contributed by atoms with van der Waals surface area (Å²) >= 11 is 6.40. The molecule has 7 heteroatoms. The summed E-state index contributed by atoms with van der Waals surface area (Å²) in [5, 5.41) is 3.76. The summed E-state index contributed by atoms with van der Waals surface area (Å²) in [6, 6.07) is 13.2. The molecule has 0 aromatic heterocycles. The van der Waals surface area contributed by atoms with Gasteiger partial charge in [-0.1, -0.05) is 49.7 Å². The SMILES string of the molecule is CCN(CC)C(CNC(=O)c1cc(N)ccc1C)c1ccccc1Cl.Cl.Cl. The molecule has 1 atom stereocenters. The van der Waals surface area contributed by atoms with Crippen LogP contribution >= 0.6 is 36.4 Å². The molecule has 0 heterocycles. The van der Waals surface area contributed by atoms with Gasteiger partial charge in [-0.05, 0) is 49.3 Å². The highest BCUT2D eigenvalue weighted by Gasteiger charge is 2.21. The molecule has 0 aliphatic carbocycles. The van der Waals surface area contributed by atoms with Crippen molar-refractivity contribution in [3.05, 3.63) is 64.2 Å². The van der Waals surface area contributed by atoms with Crippen molar-refractivity contribution in [1.29, 1.82) is 0 Å². The van der Waals surface area contributed by atoms with E-state index in [0.717, 1.165) is 24.2 Å². The molecule has 0 aliphatic heterocycles. The molecular weight excluding hydrogens is 405 g/mol.